The van der Waals surface area contributed by atoms with E-state index in [-0.39, 0.29) is 25.4 Å². The van der Waals surface area contributed by atoms with Gasteiger partial charge in [-0.2, -0.15) is 5.26 Å². The average molecular weight is 460 g/mol. The Morgan fingerprint density at radius 3 is 2.12 bits per heavy atom. The summed E-state index contributed by atoms with van der Waals surface area (Å²) in [6, 6.07) is 16.1. The van der Waals surface area contributed by atoms with E-state index in [9.17, 15) is 9.59 Å². The van der Waals surface area contributed by atoms with Crippen molar-refractivity contribution in [2.75, 3.05) is 20.3 Å². The van der Waals surface area contributed by atoms with Gasteiger partial charge in [-0.1, -0.05) is 56.2 Å². The first-order valence-corrected chi connectivity index (χ1v) is 10.8. The molecule has 2 rings (SSSR count). The standard InChI is InChI=1S/C28H29NO5/c1-5-17-33-21(3)28(27(31)34-18-6-2,16-15-22-7-9-24(20-29)10-8-22)19-23-11-13-25(14-12-23)26(30)32-4/h5-14H,1-3,15-19H2,4H3. The first-order valence-electron chi connectivity index (χ1n) is 10.8. The van der Waals surface area contributed by atoms with Crippen LogP contribution in [0, 0.1) is 16.7 Å². The number of methoxy groups -OCH3 is 1. The molecule has 6 heteroatoms. The van der Waals surface area contributed by atoms with E-state index in [4.69, 9.17) is 19.5 Å². The summed E-state index contributed by atoms with van der Waals surface area (Å²) in [5, 5.41) is 9.05. The third-order valence-corrected chi connectivity index (χ3v) is 5.44. The Balaban J connectivity index is 2.44. The Morgan fingerprint density at radius 1 is 0.971 bits per heavy atom. The quantitative estimate of drug-likeness (QED) is 0.239. The zero-order chi connectivity index (χ0) is 25.0. The predicted molar refractivity (Wildman–Crippen MR) is 130 cm³/mol. The van der Waals surface area contributed by atoms with Crippen LogP contribution in [0.15, 0.2) is 86.2 Å². The third-order valence-electron chi connectivity index (χ3n) is 5.44. The minimum atomic E-state index is -1.20. The van der Waals surface area contributed by atoms with Gasteiger partial charge in [0.05, 0.1) is 24.3 Å². The Morgan fingerprint density at radius 2 is 1.56 bits per heavy atom. The highest BCUT2D eigenvalue weighted by atomic mass is 16.5. The number of carbonyl (C=O) groups excluding carboxylic acids is 2. The molecule has 2 aromatic carbocycles. The number of rotatable bonds is 13. The molecule has 176 valence electrons. The van der Waals surface area contributed by atoms with E-state index in [0.717, 1.165) is 11.1 Å². The average Bonchev–Trinajstić information content (AvgIpc) is 2.88. The summed E-state index contributed by atoms with van der Waals surface area (Å²) in [5.41, 5.74) is 1.52. The van der Waals surface area contributed by atoms with Gasteiger partial charge in [0, 0.05) is 0 Å². The van der Waals surface area contributed by atoms with Gasteiger partial charge in [0.1, 0.15) is 24.4 Å². The second-order valence-corrected chi connectivity index (χ2v) is 7.67. The van der Waals surface area contributed by atoms with E-state index in [0.29, 0.717) is 24.0 Å². The fourth-order valence-electron chi connectivity index (χ4n) is 3.51. The summed E-state index contributed by atoms with van der Waals surface area (Å²) >= 11 is 0. The first-order chi connectivity index (χ1) is 16.4. The molecule has 0 amide bonds. The Hall–Kier alpha value is -4.11. The number of nitrogens with zero attached hydrogens (tertiary/aromatic N) is 1. The summed E-state index contributed by atoms with van der Waals surface area (Å²) in [6.07, 6.45) is 4.20. The molecule has 2 aromatic rings. The van der Waals surface area contributed by atoms with Gasteiger partial charge in [-0.15, -0.1) is 0 Å². The molecule has 0 fully saturated rings. The summed E-state index contributed by atoms with van der Waals surface area (Å²) < 4.78 is 16.0. The van der Waals surface area contributed by atoms with E-state index >= 15 is 0 Å². The van der Waals surface area contributed by atoms with Gasteiger partial charge in [0.25, 0.3) is 0 Å². The van der Waals surface area contributed by atoms with E-state index in [1.807, 2.05) is 12.1 Å². The zero-order valence-corrected chi connectivity index (χ0v) is 19.4. The molecule has 0 saturated carbocycles. The molecule has 1 unspecified atom stereocenters. The topological polar surface area (TPSA) is 85.6 Å². The van der Waals surface area contributed by atoms with E-state index in [1.165, 1.54) is 13.2 Å². The SMILES string of the molecule is C=CCOC(=C)C(CCc1ccc(C#N)cc1)(Cc1ccc(C(=O)OC)cc1)C(=O)OCC=C. The van der Waals surface area contributed by atoms with Crippen molar-refractivity contribution < 1.29 is 23.8 Å². The smallest absolute Gasteiger partial charge is 0.337 e. The lowest BCUT2D eigenvalue weighted by atomic mass is 9.75. The molecule has 0 aliphatic heterocycles. The molecule has 6 nitrogen and oxygen atoms in total. The molecule has 1 atom stereocenters. The summed E-state index contributed by atoms with van der Waals surface area (Å²) in [6.45, 7) is 11.6. The fourth-order valence-corrected chi connectivity index (χ4v) is 3.51. The lowest BCUT2D eigenvalue weighted by Gasteiger charge is -2.33. The van der Waals surface area contributed by atoms with Crippen molar-refractivity contribution in [1.82, 2.24) is 0 Å². The molecule has 0 bridgehead atoms. The van der Waals surface area contributed by atoms with Gasteiger partial charge >= 0.3 is 11.9 Å². The second kappa shape index (κ2) is 12.8. The molecule has 0 aliphatic rings. The van der Waals surface area contributed by atoms with Gasteiger partial charge in [-0.25, -0.2) is 4.79 Å². The van der Waals surface area contributed by atoms with Crippen LogP contribution in [-0.2, 0) is 31.8 Å². The van der Waals surface area contributed by atoms with Crippen molar-refractivity contribution in [1.29, 1.82) is 5.26 Å². The number of nitriles is 1. The highest BCUT2D eigenvalue weighted by Crippen LogP contribution is 2.38. The molecular weight excluding hydrogens is 430 g/mol. The maximum absolute atomic E-state index is 13.4. The number of aryl methyl sites for hydroxylation is 1. The molecule has 0 heterocycles. The van der Waals surface area contributed by atoms with Crippen molar-refractivity contribution >= 4 is 11.9 Å². The molecule has 0 radical (unpaired) electrons. The van der Waals surface area contributed by atoms with Crippen molar-refractivity contribution in [3.8, 4) is 6.07 Å². The molecule has 0 aromatic heterocycles. The fraction of sp³-hybridized carbons (Fsp3) is 0.250. The predicted octanol–water partition coefficient (Wildman–Crippen LogP) is 4.95. The van der Waals surface area contributed by atoms with Crippen LogP contribution in [0.1, 0.15) is 33.5 Å². The van der Waals surface area contributed by atoms with Crippen LogP contribution in [0.5, 0.6) is 0 Å². The number of carbonyl (C=O) groups is 2. The normalized spacial score (nSPS) is 11.9. The third kappa shape index (κ3) is 6.69. The van der Waals surface area contributed by atoms with Crippen LogP contribution in [-0.4, -0.2) is 32.3 Å². The van der Waals surface area contributed by atoms with Crippen LogP contribution >= 0.6 is 0 Å². The van der Waals surface area contributed by atoms with Gasteiger partial charge in [-0.3, -0.25) is 4.79 Å². The van der Waals surface area contributed by atoms with Gasteiger partial charge in [-0.05, 0) is 54.7 Å². The summed E-state index contributed by atoms with van der Waals surface area (Å²) in [5.74, 6) is -0.651. The number of benzene rings is 2. The van der Waals surface area contributed by atoms with Crippen LogP contribution in [0.2, 0.25) is 0 Å². The first kappa shape index (κ1) is 26.1. The molecule has 34 heavy (non-hydrogen) atoms. The highest BCUT2D eigenvalue weighted by molar-refractivity contribution is 5.89. The van der Waals surface area contributed by atoms with Crippen molar-refractivity contribution in [2.45, 2.75) is 19.3 Å². The minimum Gasteiger partial charge on any atom is -0.493 e. The van der Waals surface area contributed by atoms with E-state index in [1.54, 1.807) is 42.5 Å². The summed E-state index contributed by atoms with van der Waals surface area (Å²) in [4.78, 5) is 25.2. The maximum Gasteiger partial charge on any atom is 0.337 e. The molecule has 0 saturated heterocycles. The van der Waals surface area contributed by atoms with Gasteiger partial charge < -0.3 is 14.2 Å². The minimum absolute atomic E-state index is 0.0491. The number of hydrogen-bond acceptors (Lipinski definition) is 6. The second-order valence-electron chi connectivity index (χ2n) is 7.67. The van der Waals surface area contributed by atoms with Crippen molar-refractivity contribution in [2.24, 2.45) is 5.41 Å². The Kier molecular flexibility index (Phi) is 9.85. The molecule has 0 aliphatic carbocycles. The Labute approximate surface area is 200 Å². The molecule has 0 N–H and O–H groups in total. The zero-order valence-electron chi connectivity index (χ0n) is 19.4. The lowest BCUT2D eigenvalue weighted by Crippen LogP contribution is -2.38. The molecular formula is C28H29NO5. The lowest BCUT2D eigenvalue weighted by molar-refractivity contribution is -0.155. The van der Waals surface area contributed by atoms with Crippen LogP contribution in [0.25, 0.3) is 0 Å². The number of hydrogen-bond donors (Lipinski definition) is 0. The van der Waals surface area contributed by atoms with Crippen molar-refractivity contribution in [3.05, 3.63) is 108 Å². The van der Waals surface area contributed by atoms with Crippen LogP contribution < -0.4 is 0 Å². The van der Waals surface area contributed by atoms with Gasteiger partial charge in [0.2, 0.25) is 0 Å². The van der Waals surface area contributed by atoms with E-state index in [2.05, 4.69) is 25.8 Å². The van der Waals surface area contributed by atoms with Crippen LogP contribution in [0.3, 0.4) is 0 Å². The Bertz CT molecular complexity index is 1040. The molecule has 0 spiro atoms. The monoisotopic (exact) mass is 459 g/mol. The maximum atomic E-state index is 13.4. The van der Waals surface area contributed by atoms with Gasteiger partial charge in [0.15, 0.2) is 0 Å². The largest absolute Gasteiger partial charge is 0.493 e. The van der Waals surface area contributed by atoms with Crippen molar-refractivity contribution in [3.63, 3.8) is 0 Å². The van der Waals surface area contributed by atoms with E-state index < -0.39 is 17.4 Å². The van der Waals surface area contributed by atoms with Crippen LogP contribution in [0.4, 0.5) is 0 Å². The highest BCUT2D eigenvalue weighted by Gasteiger charge is 2.44. The summed E-state index contributed by atoms with van der Waals surface area (Å²) in [7, 11) is 1.32. The number of esters is 2. The number of ether oxygens (including phenoxy) is 3.